The van der Waals surface area contributed by atoms with Crippen LogP contribution in [0.4, 0.5) is 0 Å². The van der Waals surface area contributed by atoms with Crippen molar-refractivity contribution in [1.82, 2.24) is 10.6 Å². The number of carboxylic acids is 1. The molecule has 0 bridgehead atoms. The van der Waals surface area contributed by atoms with E-state index in [2.05, 4.69) is 10.6 Å². The molecule has 0 unspecified atom stereocenters. The molecule has 0 aliphatic rings. The van der Waals surface area contributed by atoms with Crippen LogP contribution in [0.15, 0.2) is 78.5 Å². The number of rotatable bonds is 7. The van der Waals surface area contributed by atoms with Crippen molar-refractivity contribution in [2.24, 2.45) is 0 Å². The third-order valence-electron chi connectivity index (χ3n) is 3.28. The number of benzene rings is 2. The van der Waals surface area contributed by atoms with Gasteiger partial charge in [-0.1, -0.05) is 60.7 Å². The molecule has 0 atom stereocenters. The molecule has 132 valence electrons. The van der Waals surface area contributed by atoms with Crippen LogP contribution in [0.1, 0.15) is 15.9 Å². The topological polar surface area (TPSA) is 95.5 Å². The first-order valence-corrected chi connectivity index (χ1v) is 7.86. The molecule has 0 fully saturated rings. The number of hydrogen-bond acceptors (Lipinski definition) is 3. The SMILES string of the molecule is O=C(O)CNC(=O)/C(=C\C=C\c1ccccc1)NC(=O)c1ccccc1. The van der Waals surface area contributed by atoms with E-state index in [9.17, 15) is 14.4 Å². The summed E-state index contributed by atoms with van der Waals surface area (Å²) in [6.45, 7) is -0.542. The molecule has 2 aromatic rings. The predicted octanol–water partition coefficient (Wildman–Crippen LogP) is 2.21. The van der Waals surface area contributed by atoms with Gasteiger partial charge in [-0.3, -0.25) is 14.4 Å². The van der Waals surface area contributed by atoms with Crippen LogP contribution in [0.3, 0.4) is 0 Å². The number of amides is 2. The molecule has 2 amide bonds. The smallest absolute Gasteiger partial charge is 0.322 e. The number of nitrogens with one attached hydrogen (secondary N) is 2. The van der Waals surface area contributed by atoms with Gasteiger partial charge in [-0.05, 0) is 23.8 Å². The zero-order valence-electron chi connectivity index (χ0n) is 13.9. The average Bonchev–Trinajstić information content (AvgIpc) is 2.66. The summed E-state index contributed by atoms with van der Waals surface area (Å²) in [7, 11) is 0. The Morgan fingerprint density at radius 3 is 2.15 bits per heavy atom. The quantitative estimate of drug-likeness (QED) is 0.527. The number of carbonyl (C=O) groups excluding carboxylic acids is 2. The molecular formula is C20H18N2O4. The van der Waals surface area contributed by atoms with E-state index in [0.717, 1.165) is 5.56 Å². The molecular weight excluding hydrogens is 332 g/mol. The molecule has 0 radical (unpaired) electrons. The molecule has 26 heavy (non-hydrogen) atoms. The van der Waals surface area contributed by atoms with Crippen molar-refractivity contribution in [3.05, 3.63) is 89.6 Å². The molecule has 0 spiro atoms. The second kappa shape index (κ2) is 9.58. The molecule has 0 aromatic heterocycles. The number of carbonyl (C=O) groups is 3. The monoisotopic (exact) mass is 350 g/mol. The van der Waals surface area contributed by atoms with Crippen LogP contribution in [-0.4, -0.2) is 29.4 Å². The Hall–Kier alpha value is -3.67. The van der Waals surface area contributed by atoms with Crippen LogP contribution < -0.4 is 10.6 Å². The van der Waals surface area contributed by atoms with Crippen molar-refractivity contribution in [3.63, 3.8) is 0 Å². The fraction of sp³-hybridized carbons (Fsp3) is 0.0500. The second-order valence-corrected chi connectivity index (χ2v) is 5.25. The minimum Gasteiger partial charge on any atom is -0.480 e. The van der Waals surface area contributed by atoms with Gasteiger partial charge in [0.2, 0.25) is 0 Å². The second-order valence-electron chi connectivity index (χ2n) is 5.25. The standard InChI is InChI=1S/C20H18N2O4/c23-18(24)14-21-20(26)17(13-7-10-15-8-3-1-4-9-15)22-19(25)16-11-5-2-6-12-16/h1-13H,14H2,(H,21,26)(H,22,25)(H,23,24)/b10-7+,17-13+. The van der Waals surface area contributed by atoms with E-state index in [1.165, 1.54) is 6.08 Å². The normalized spacial score (nSPS) is 11.2. The lowest BCUT2D eigenvalue weighted by molar-refractivity contribution is -0.137. The highest BCUT2D eigenvalue weighted by atomic mass is 16.4. The van der Waals surface area contributed by atoms with Gasteiger partial charge >= 0.3 is 5.97 Å². The molecule has 0 aliphatic carbocycles. The Labute approximate surface area is 150 Å². The van der Waals surface area contributed by atoms with Gasteiger partial charge < -0.3 is 15.7 Å². The van der Waals surface area contributed by atoms with Crippen LogP contribution in [0.5, 0.6) is 0 Å². The molecule has 3 N–H and O–H groups in total. The lowest BCUT2D eigenvalue weighted by atomic mass is 10.2. The third-order valence-corrected chi connectivity index (χ3v) is 3.28. The summed E-state index contributed by atoms with van der Waals surface area (Å²) in [6, 6.07) is 17.8. The van der Waals surface area contributed by atoms with Crippen LogP contribution in [0, 0.1) is 0 Å². The van der Waals surface area contributed by atoms with Gasteiger partial charge in [0, 0.05) is 5.56 Å². The van der Waals surface area contributed by atoms with Crippen LogP contribution in [0.2, 0.25) is 0 Å². The van der Waals surface area contributed by atoms with Gasteiger partial charge in [0.1, 0.15) is 12.2 Å². The summed E-state index contributed by atoms with van der Waals surface area (Å²) in [5.41, 5.74) is 1.26. The molecule has 0 aliphatic heterocycles. The van der Waals surface area contributed by atoms with Crippen molar-refractivity contribution in [1.29, 1.82) is 0 Å². The Morgan fingerprint density at radius 2 is 1.54 bits per heavy atom. The Kier molecular flexibility index (Phi) is 6.88. The maximum atomic E-state index is 12.3. The van der Waals surface area contributed by atoms with Crippen molar-refractivity contribution >= 4 is 23.9 Å². The average molecular weight is 350 g/mol. The van der Waals surface area contributed by atoms with Crippen LogP contribution in [-0.2, 0) is 9.59 Å². The molecule has 0 heterocycles. The fourth-order valence-corrected chi connectivity index (χ4v) is 2.03. The molecule has 2 rings (SSSR count). The number of hydrogen-bond donors (Lipinski definition) is 3. The van der Waals surface area contributed by atoms with Gasteiger partial charge in [-0.15, -0.1) is 0 Å². The summed E-state index contributed by atoms with van der Waals surface area (Å²) >= 11 is 0. The Balaban J connectivity index is 2.16. The van der Waals surface area contributed by atoms with Crippen LogP contribution in [0.25, 0.3) is 6.08 Å². The van der Waals surface area contributed by atoms with Gasteiger partial charge in [-0.2, -0.15) is 0 Å². The van der Waals surface area contributed by atoms with Gasteiger partial charge in [0.05, 0.1) is 0 Å². The highest BCUT2D eigenvalue weighted by Gasteiger charge is 2.14. The molecule has 0 saturated heterocycles. The maximum absolute atomic E-state index is 12.3. The maximum Gasteiger partial charge on any atom is 0.322 e. The number of carboxylic acid groups (broad SMARTS) is 1. The van der Waals surface area contributed by atoms with Crippen molar-refractivity contribution in [3.8, 4) is 0 Å². The third kappa shape index (κ3) is 6.09. The lowest BCUT2D eigenvalue weighted by Crippen LogP contribution is -2.37. The minimum absolute atomic E-state index is 0.0488. The van der Waals surface area contributed by atoms with E-state index in [0.29, 0.717) is 5.56 Å². The highest BCUT2D eigenvalue weighted by Crippen LogP contribution is 2.04. The first-order valence-electron chi connectivity index (χ1n) is 7.86. The van der Waals surface area contributed by atoms with Gasteiger partial charge in [0.25, 0.3) is 11.8 Å². The van der Waals surface area contributed by atoms with E-state index >= 15 is 0 Å². The largest absolute Gasteiger partial charge is 0.480 e. The van der Waals surface area contributed by atoms with Crippen LogP contribution >= 0.6 is 0 Å². The first kappa shape index (κ1) is 18.7. The van der Waals surface area contributed by atoms with Crippen molar-refractivity contribution < 1.29 is 19.5 Å². The van der Waals surface area contributed by atoms with Gasteiger partial charge in [-0.25, -0.2) is 0 Å². The zero-order valence-corrected chi connectivity index (χ0v) is 13.9. The summed E-state index contributed by atoms with van der Waals surface area (Å²) in [5, 5.41) is 13.4. The first-order chi connectivity index (χ1) is 12.6. The van der Waals surface area contributed by atoms with Crippen molar-refractivity contribution in [2.75, 3.05) is 6.54 Å². The molecule has 0 saturated carbocycles. The van der Waals surface area contributed by atoms with Gasteiger partial charge in [0.15, 0.2) is 0 Å². The van der Waals surface area contributed by atoms with E-state index in [4.69, 9.17) is 5.11 Å². The molecule has 6 heteroatoms. The molecule has 6 nitrogen and oxygen atoms in total. The predicted molar refractivity (Wildman–Crippen MR) is 98.1 cm³/mol. The summed E-state index contributed by atoms with van der Waals surface area (Å²) < 4.78 is 0. The summed E-state index contributed by atoms with van der Waals surface area (Å²) in [6.07, 6.45) is 4.79. The highest BCUT2D eigenvalue weighted by molar-refractivity contribution is 6.03. The summed E-state index contributed by atoms with van der Waals surface area (Å²) in [4.78, 5) is 35.1. The van der Waals surface area contributed by atoms with E-state index in [-0.39, 0.29) is 5.70 Å². The summed E-state index contributed by atoms with van der Waals surface area (Å²) in [5.74, 6) is -2.32. The Morgan fingerprint density at radius 1 is 0.923 bits per heavy atom. The fourth-order valence-electron chi connectivity index (χ4n) is 2.03. The lowest BCUT2D eigenvalue weighted by Gasteiger charge is -2.09. The minimum atomic E-state index is -1.17. The Bertz CT molecular complexity index is 827. The number of allylic oxidation sites excluding steroid dienone is 2. The van der Waals surface area contributed by atoms with E-state index in [1.807, 2.05) is 30.3 Å². The zero-order chi connectivity index (χ0) is 18.8. The van der Waals surface area contributed by atoms with E-state index < -0.39 is 24.3 Å². The number of aliphatic carboxylic acids is 1. The van der Waals surface area contributed by atoms with E-state index in [1.54, 1.807) is 42.5 Å². The molecule has 2 aromatic carbocycles. The van der Waals surface area contributed by atoms with Crippen molar-refractivity contribution in [2.45, 2.75) is 0 Å².